The summed E-state index contributed by atoms with van der Waals surface area (Å²) in [5.41, 5.74) is 1.06. The van der Waals surface area contributed by atoms with Gasteiger partial charge in [0.2, 0.25) is 5.91 Å². The van der Waals surface area contributed by atoms with E-state index in [2.05, 4.69) is 5.32 Å². The van der Waals surface area contributed by atoms with E-state index in [1.807, 2.05) is 13.8 Å². The Morgan fingerprint density at radius 2 is 1.84 bits per heavy atom. The summed E-state index contributed by atoms with van der Waals surface area (Å²) in [6, 6.07) is 8.13. The molecule has 0 aliphatic carbocycles. The average Bonchev–Trinajstić information content (AvgIpc) is 3.43. The molecule has 2 saturated heterocycles. The van der Waals surface area contributed by atoms with E-state index in [1.54, 1.807) is 12.1 Å². The molecule has 2 aliphatic heterocycles. The number of rotatable bonds is 8. The summed E-state index contributed by atoms with van der Waals surface area (Å²) in [7, 11) is -3.44. The highest BCUT2D eigenvalue weighted by Crippen LogP contribution is 2.36. The molecule has 11 heteroatoms. The first kappa shape index (κ1) is 28.5. The van der Waals surface area contributed by atoms with Gasteiger partial charge in [0.15, 0.2) is 9.84 Å². The molecule has 0 saturated carbocycles. The molecular weight excluding hydrogens is 521 g/mol. The van der Waals surface area contributed by atoms with Crippen LogP contribution in [0.25, 0.3) is 11.1 Å². The minimum absolute atomic E-state index is 0.0574. The van der Waals surface area contributed by atoms with Crippen LogP contribution in [0.3, 0.4) is 0 Å². The van der Waals surface area contributed by atoms with Crippen LogP contribution in [0.2, 0.25) is 0 Å². The molecule has 0 bridgehead atoms. The topological polar surface area (TPSA) is 95.9 Å². The molecule has 0 aromatic heterocycles. The van der Waals surface area contributed by atoms with Gasteiger partial charge in [-0.15, -0.1) is 0 Å². The Morgan fingerprint density at radius 3 is 2.45 bits per heavy atom. The zero-order chi connectivity index (χ0) is 27.8. The number of nitrogens with zero attached hydrogens (tertiary/aromatic N) is 1. The standard InChI is InChI=1S/C27H33F3N2O5S/c1-16(2)13-21(26(34)32-12-11-23-24(32)22(33)15-37-23)31-25(27(28,29)30)18-9-7-17(8-10-18)19-5-4-6-20(14-19)38(3,35)36/h4-10,14,16,21-25,31,33H,11-13,15H2,1-3H3/t21-,22-,23+,24+,25-/m0/s1. The summed E-state index contributed by atoms with van der Waals surface area (Å²) < 4.78 is 72.3. The van der Waals surface area contributed by atoms with Crippen molar-refractivity contribution in [3.8, 4) is 11.1 Å². The van der Waals surface area contributed by atoms with Crippen LogP contribution in [-0.4, -0.2) is 74.2 Å². The van der Waals surface area contributed by atoms with Crippen LogP contribution < -0.4 is 5.32 Å². The highest BCUT2D eigenvalue weighted by atomic mass is 32.2. The molecule has 2 fully saturated rings. The largest absolute Gasteiger partial charge is 0.407 e. The number of nitrogens with one attached hydrogen (secondary N) is 1. The maximum absolute atomic E-state index is 14.3. The molecule has 7 nitrogen and oxygen atoms in total. The molecule has 4 rings (SSSR count). The molecule has 0 unspecified atom stereocenters. The smallest absolute Gasteiger partial charge is 0.388 e. The SMILES string of the molecule is CC(C)C[C@H](N[C@@H](c1ccc(-c2cccc(S(C)(=O)=O)c2)cc1)C(F)(F)F)C(=O)N1CC[C@H]2OC[C@H](O)[C@H]21. The van der Waals surface area contributed by atoms with Crippen molar-refractivity contribution < 1.29 is 36.2 Å². The normalized spacial score (nSPS) is 23.5. The van der Waals surface area contributed by atoms with Crippen molar-refractivity contribution in [2.24, 2.45) is 5.92 Å². The van der Waals surface area contributed by atoms with Gasteiger partial charge in [0.25, 0.3) is 0 Å². The molecule has 2 N–H and O–H groups in total. The van der Waals surface area contributed by atoms with Crippen LogP contribution in [0.1, 0.15) is 38.3 Å². The van der Waals surface area contributed by atoms with E-state index in [-0.39, 0.29) is 35.5 Å². The third kappa shape index (κ3) is 6.22. The van der Waals surface area contributed by atoms with E-state index in [4.69, 9.17) is 4.74 Å². The molecule has 2 aromatic carbocycles. The fourth-order valence-electron chi connectivity index (χ4n) is 5.27. The molecule has 0 spiro atoms. The Labute approximate surface area is 220 Å². The average molecular weight is 555 g/mol. The number of benzene rings is 2. The van der Waals surface area contributed by atoms with Gasteiger partial charge < -0.3 is 14.7 Å². The van der Waals surface area contributed by atoms with Gasteiger partial charge in [0.05, 0.1) is 29.7 Å². The van der Waals surface area contributed by atoms with Crippen molar-refractivity contribution in [1.29, 1.82) is 0 Å². The predicted octanol–water partition coefficient (Wildman–Crippen LogP) is 3.73. The Bertz CT molecular complexity index is 1250. The lowest BCUT2D eigenvalue weighted by atomic mass is 9.97. The van der Waals surface area contributed by atoms with Crippen LogP contribution in [0.15, 0.2) is 53.4 Å². The molecule has 208 valence electrons. The zero-order valence-electron chi connectivity index (χ0n) is 21.5. The number of likely N-dealkylation sites (tertiary alicyclic amines) is 1. The maximum atomic E-state index is 14.3. The summed E-state index contributed by atoms with van der Waals surface area (Å²) >= 11 is 0. The van der Waals surface area contributed by atoms with Crippen molar-refractivity contribution in [2.45, 2.75) is 68.1 Å². The second-order valence-corrected chi connectivity index (χ2v) is 12.5. The van der Waals surface area contributed by atoms with E-state index in [9.17, 15) is 31.5 Å². The van der Waals surface area contributed by atoms with Gasteiger partial charge in [-0.25, -0.2) is 8.42 Å². The number of alkyl halides is 3. The van der Waals surface area contributed by atoms with E-state index < -0.39 is 46.2 Å². The predicted molar refractivity (Wildman–Crippen MR) is 136 cm³/mol. The third-order valence-corrected chi connectivity index (χ3v) is 8.20. The number of amides is 1. The lowest BCUT2D eigenvalue weighted by molar-refractivity contribution is -0.163. The van der Waals surface area contributed by atoms with Crippen LogP contribution in [0.4, 0.5) is 13.2 Å². The van der Waals surface area contributed by atoms with Gasteiger partial charge >= 0.3 is 6.18 Å². The summed E-state index contributed by atoms with van der Waals surface area (Å²) in [4.78, 5) is 15.1. The van der Waals surface area contributed by atoms with Crippen molar-refractivity contribution in [2.75, 3.05) is 19.4 Å². The molecule has 38 heavy (non-hydrogen) atoms. The number of aliphatic hydroxyl groups excluding tert-OH is 1. The second-order valence-electron chi connectivity index (χ2n) is 10.5. The van der Waals surface area contributed by atoms with Crippen molar-refractivity contribution in [3.05, 3.63) is 54.1 Å². The van der Waals surface area contributed by atoms with Gasteiger partial charge in [-0.1, -0.05) is 50.2 Å². The molecule has 2 aromatic rings. The number of fused-ring (bicyclic) bond motifs is 1. The van der Waals surface area contributed by atoms with Crippen molar-refractivity contribution >= 4 is 15.7 Å². The van der Waals surface area contributed by atoms with E-state index in [1.165, 1.54) is 41.3 Å². The minimum atomic E-state index is -4.68. The van der Waals surface area contributed by atoms with E-state index >= 15 is 0 Å². The Morgan fingerprint density at radius 1 is 1.16 bits per heavy atom. The number of ether oxygens (including phenoxy) is 1. The first-order valence-corrected chi connectivity index (χ1v) is 14.5. The fourth-order valence-corrected chi connectivity index (χ4v) is 5.94. The molecule has 2 aliphatic rings. The highest BCUT2D eigenvalue weighted by molar-refractivity contribution is 7.90. The second kappa shape index (κ2) is 11.0. The summed E-state index contributed by atoms with van der Waals surface area (Å²) in [6.07, 6.45) is -4.04. The minimum Gasteiger partial charge on any atom is -0.388 e. The van der Waals surface area contributed by atoms with Crippen LogP contribution in [-0.2, 0) is 19.4 Å². The Balaban J connectivity index is 1.60. The first-order valence-electron chi connectivity index (χ1n) is 12.6. The summed E-state index contributed by atoms with van der Waals surface area (Å²) in [6.45, 7) is 4.10. The highest BCUT2D eigenvalue weighted by Gasteiger charge is 2.49. The van der Waals surface area contributed by atoms with Gasteiger partial charge in [0, 0.05) is 12.8 Å². The van der Waals surface area contributed by atoms with Crippen LogP contribution in [0.5, 0.6) is 0 Å². The van der Waals surface area contributed by atoms with Gasteiger partial charge in [0.1, 0.15) is 12.1 Å². The number of halogens is 3. The summed E-state index contributed by atoms with van der Waals surface area (Å²) in [5.74, 6) is -0.530. The number of aliphatic hydroxyl groups is 1. The van der Waals surface area contributed by atoms with Crippen LogP contribution in [0, 0.1) is 5.92 Å². The fraction of sp³-hybridized carbons (Fsp3) is 0.519. The molecule has 0 radical (unpaired) electrons. The van der Waals surface area contributed by atoms with E-state index in [0.717, 1.165) is 6.26 Å². The monoisotopic (exact) mass is 554 g/mol. The maximum Gasteiger partial charge on any atom is 0.407 e. The number of carbonyl (C=O) groups excluding carboxylic acids is 1. The van der Waals surface area contributed by atoms with Crippen molar-refractivity contribution in [1.82, 2.24) is 10.2 Å². The first-order chi connectivity index (χ1) is 17.8. The zero-order valence-corrected chi connectivity index (χ0v) is 22.3. The van der Waals surface area contributed by atoms with Crippen LogP contribution >= 0.6 is 0 Å². The van der Waals surface area contributed by atoms with Crippen molar-refractivity contribution in [3.63, 3.8) is 0 Å². The van der Waals surface area contributed by atoms with Gasteiger partial charge in [-0.3, -0.25) is 10.1 Å². The number of sulfone groups is 1. The number of hydrogen-bond donors (Lipinski definition) is 2. The summed E-state index contributed by atoms with van der Waals surface area (Å²) in [5, 5.41) is 12.9. The molecule has 1 amide bonds. The number of hydrogen-bond acceptors (Lipinski definition) is 6. The lowest BCUT2D eigenvalue weighted by Crippen LogP contribution is -2.54. The van der Waals surface area contributed by atoms with Gasteiger partial charge in [-0.2, -0.15) is 13.2 Å². The van der Waals surface area contributed by atoms with E-state index in [0.29, 0.717) is 24.1 Å². The molecule has 2 heterocycles. The third-order valence-electron chi connectivity index (χ3n) is 7.09. The Hall–Kier alpha value is -2.47. The Kier molecular flexibility index (Phi) is 8.23. The quantitative estimate of drug-likeness (QED) is 0.517. The molecular formula is C27H33F3N2O5S. The molecule has 5 atom stereocenters. The lowest BCUT2D eigenvalue weighted by Gasteiger charge is -2.33. The van der Waals surface area contributed by atoms with Gasteiger partial charge in [-0.05, 0) is 47.6 Å². The number of carbonyl (C=O) groups is 1.